The van der Waals surface area contributed by atoms with E-state index < -0.39 is 5.97 Å². The number of esters is 1. The highest BCUT2D eigenvalue weighted by atomic mass is 19.1. The molecule has 31 heavy (non-hydrogen) atoms. The van der Waals surface area contributed by atoms with Crippen LogP contribution in [0.3, 0.4) is 0 Å². The molecule has 0 bridgehead atoms. The topological polar surface area (TPSA) is 87.2 Å². The van der Waals surface area contributed by atoms with Gasteiger partial charge in [0.15, 0.2) is 16.8 Å². The van der Waals surface area contributed by atoms with Crippen molar-refractivity contribution < 1.29 is 13.9 Å². The Morgan fingerprint density at radius 1 is 1.03 bits per heavy atom. The lowest BCUT2D eigenvalue weighted by molar-refractivity contribution is -0.139. The number of fused-ring (bicyclic) bond motifs is 3. The molecule has 0 atom stereocenters. The van der Waals surface area contributed by atoms with Crippen LogP contribution in [0, 0.1) is 12.7 Å². The Bertz CT molecular complexity index is 1420. The molecule has 154 valence electrons. The molecule has 0 unspecified atom stereocenters. The Morgan fingerprint density at radius 3 is 2.48 bits per heavy atom. The highest BCUT2D eigenvalue weighted by Gasteiger charge is 2.23. The lowest BCUT2D eigenvalue weighted by atomic mass is 10.1. The molecule has 0 spiro atoms. The van der Waals surface area contributed by atoms with Gasteiger partial charge in [-0.25, -0.2) is 9.07 Å². The Morgan fingerprint density at radius 2 is 1.77 bits per heavy atom. The van der Waals surface area contributed by atoms with Crippen LogP contribution in [0.1, 0.15) is 11.4 Å². The van der Waals surface area contributed by atoms with Gasteiger partial charge >= 0.3 is 5.97 Å². The van der Waals surface area contributed by atoms with E-state index in [9.17, 15) is 9.18 Å². The zero-order valence-electron chi connectivity index (χ0n) is 16.8. The average molecular weight is 416 g/mol. The largest absolute Gasteiger partial charge is 0.469 e. The molecule has 2 aromatic carbocycles. The van der Waals surface area contributed by atoms with Crippen LogP contribution in [-0.2, 0) is 16.0 Å². The van der Waals surface area contributed by atoms with Gasteiger partial charge in [-0.15, -0.1) is 10.2 Å². The summed E-state index contributed by atoms with van der Waals surface area (Å²) in [7, 11) is 1.31. The second kappa shape index (κ2) is 7.28. The second-order valence-corrected chi connectivity index (χ2v) is 7.02. The van der Waals surface area contributed by atoms with Crippen molar-refractivity contribution in [2.45, 2.75) is 13.3 Å². The molecule has 0 saturated heterocycles. The maximum absolute atomic E-state index is 13.5. The van der Waals surface area contributed by atoms with E-state index in [2.05, 4.69) is 15.3 Å². The van der Waals surface area contributed by atoms with E-state index in [4.69, 9.17) is 9.84 Å². The molecule has 5 aromatic rings. The summed E-state index contributed by atoms with van der Waals surface area (Å²) in [5.41, 5.74) is 5.10. The van der Waals surface area contributed by atoms with Crippen LogP contribution in [0.2, 0.25) is 0 Å². The van der Waals surface area contributed by atoms with Crippen molar-refractivity contribution in [1.82, 2.24) is 29.6 Å². The molecule has 0 amide bonds. The number of carbonyl (C=O) groups is 1. The molecule has 9 heteroatoms. The van der Waals surface area contributed by atoms with Crippen LogP contribution in [0.4, 0.5) is 4.39 Å². The molecule has 0 saturated carbocycles. The van der Waals surface area contributed by atoms with Gasteiger partial charge in [-0.1, -0.05) is 30.3 Å². The van der Waals surface area contributed by atoms with Gasteiger partial charge < -0.3 is 4.74 Å². The quantitative estimate of drug-likeness (QED) is 0.418. The van der Waals surface area contributed by atoms with E-state index >= 15 is 0 Å². The average Bonchev–Trinajstić information content (AvgIpc) is 3.32. The predicted molar refractivity (Wildman–Crippen MR) is 111 cm³/mol. The molecular weight excluding hydrogens is 399 g/mol. The number of rotatable bonds is 4. The molecule has 0 aliphatic carbocycles. The van der Waals surface area contributed by atoms with Crippen molar-refractivity contribution >= 4 is 22.8 Å². The molecule has 0 aliphatic rings. The Balaban J connectivity index is 1.83. The highest BCUT2D eigenvalue weighted by Crippen LogP contribution is 2.30. The monoisotopic (exact) mass is 416 g/mol. The van der Waals surface area contributed by atoms with Gasteiger partial charge in [0.05, 0.1) is 30.5 Å². The molecule has 3 aromatic heterocycles. The van der Waals surface area contributed by atoms with Crippen molar-refractivity contribution in [3.63, 3.8) is 0 Å². The first-order valence-electron chi connectivity index (χ1n) is 9.58. The van der Waals surface area contributed by atoms with Gasteiger partial charge in [0.2, 0.25) is 0 Å². The van der Waals surface area contributed by atoms with Gasteiger partial charge in [-0.05, 0) is 36.8 Å². The van der Waals surface area contributed by atoms with E-state index in [1.54, 1.807) is 21.3 Å². The fourth-order valence-electron chi connectivity index (χ4n) is 3.62. The minimum atomic E-state index is -0.450. The van der Waals surface area contributed by atoms with Crippen LogP contribution in [-0.4, -0.2) is 42.7 Å². The van der Waals surface area contributed by atoms with Crippen LogP contribution in [0.15, 0.2) is 54.6 Å². The SMILES string of the molecule is COC(=O)Cc1nn(-c2ccc(F)cc2)c2c1nnc1c(-c3ccccc3)c(C)nn12. The van der Waals surface area contributed by atoms with Crippen LogP contribution in [0.5, 0.6) is 0 Å². The van der Waals surface area contributed by atoms with E-state index in [0.29, 0.717) is 28.2 Å². The van der Waals surface area contributed by atoms with Crippen LogP contribution in [0.25, 0.3) is 33.6 Å². The van der Waals surface area contributed by atoms with Crippen LogP contribution < -0.4 is 0 Å². The number of carbonyl (C=O) groups excluding carboxylic acids is 1. The summed E-state index contributed by atoms with van der Waals surface area (Å²) < 4.78 is 21.6. The first kappa shape index (κ1) is 18.9. The smallest absolute Gasteiger partial charge is 0.311 e. The summed E-state index contributed by atoms with van der Waals surface area (Å²) in [6.45, 7) is 1.90. The maximum Gasteiger partial charge on any atom is 0.311 e. The fraction of sp³-hybridized carbons (Fsp3) is 0.136. The van der Waals surface area contributed by atoms with Crippen molar-refractivity contribution in [2.24, 2.45) is 0 Å². The second-order valence-electron chi connectivity index (χ2n) is 7.02. The minimum absolute atomic E-state index is 0.0762. The molecule has 0 radical (unpaired) electrons. The summed E-state index contributed by atoms with van der Waals surface area (Å²) in [4.78, 5) is 11.9. The minimum Gasteiger partial charge on any atom is -0.469 e. The molecular formula is C22H17FN6O2. The van der Waals surface area contributed by atoms with Gasteiger partial charge in [0.25, 0.3) is 0 Å². The lowest BCUT2D eigenvalue weighted by Crippen LogP contribution is -2.06. The van der Waals surface area contributed by atoms with Crippen LogP contribution >= 0.6 is 0 Å². The van der Waals surface area contributed by atoms with Gasteiger partial charge in [-0.2, -0.15) is 14.7 Å². The number of halogens is 1. The van der Waals surface area contributed by atoms with E-state index in [1.807, 2.05) is 37.3 Å². The first-order valence-corrected chi connectivity index (χ1v) is 9.58. The lowest BCUT2D eigenvalue weighted by Gasteiger charge is -2.04. The van der Waals surface area contributed by atoms with E-state index in [0.717, 1.165) is 16.8 Å². The maximum atomic E-state index is 13.5. The third-order valence-electron chi connectivity index (χ3n) is 5.06. The summed E-state index contributed by atoms with van der Waals surface area (Å²) >= 11 is 0. The fourth-order valence-corrected chi connectivity index (χ4v) is 3.62. The number of hydrogen-bond donors (Lipinski definition) is 0. The Hall–Kier alpha value is -4.14. The number of hydrogen-bond acceptors (Lipinski definition) is 6. The third-order valence-corrected chi connectivity index (χ3v) is 5.06. The van der Waals surface area contributed by atoms with Gasteiger partial charge in [0, 0.05) is 0 Å². The highest BCUT2D eigenvalue weighted by molar-refractivity contribution is 5.86. The van der Waals surface area contributed by atoms with Gasteiger partial charge in [0.1, 0.15) is 11.5 Å². The summed E-state index contributed by atoms with van der Waals surface area (Å²) in [5, 5.41) is 18.1. The molecule has 5 rings (SSSR count). The molecule has 8 nitrogen and oxygen atoms in total. The third kappa shape index (κ3) is 3.10. The molecule has 0 aliphatic heterocycles. The standard InChI is InChI=1S/C22H17FN6O2/c1-13-19(14-6-4-3-5-7-14)21-25-24-20-17(12-18(30)31-2)27-28(22(20)29(21)26-13)16-10-8-15(23)9-11-16/h3-11H,12H2,1-2H3. The summed E-state index contributed by atoms with van der Waals surface area (Å²) in [6, 6.07) is 15.7. The van der Waals surface area contributed by atoms with Crippen molar-refractivity contribution in [1.29, 1.82) is 0 Å². The van der Waals surface area contributed by atoms with Crippen molar-refractivity contribution in [3.8, 4) is 16.8 Å². The van der Waals surface area contributed by atoms with E-state index in [-0.39, 0.29) is 12.2 Å². The van der Waals surface area contributed by atoms with Crippen molar-refractivity contribution in [3.05, 3.63) is 71.8 Å². The first-order chi connectivity index (χ1) is 15.1. The molecule has 0 fully saturated rings. The Kier molecular flexibility index (Phi) is 4.43. The number of nitrogens with zero attached hydrogens (tertiary/aromatic N) is 6. The van der Waals surface area contributed by atoms with Crippen molar-refractivity contribution in [2.75, 3.05) is 7.11 Å². The number of ether oxygens (including phenoxy) is 1. The zero-order valence-corrected chi connectivity index (χ0v) is 16.8. The number of aryl methyl sites for hydroxylation is 1. The predicted octanol–water partition coefficient (Wildman–Crippen LogP) is 3.29. The molecule has 0 N–H and O–H groups in total. The Labute approximate surface area is 175 Å². The number of aromatic nitrogens is 6. The zero-order chi connectivity index (χ0) is 21.5. The number of benzene rings is 2. The van der Waals surface area contributed by atoms with E-state index in [1.165, 1.54) is 19.2 Å². The summed E-state index contributed by atoms with van der Waals surface area (Å²) in [6.07, 6.45) is -0.0762. The molecule has 3 heterocycles. The normalized spacial score (nSPS) is 11.3. The van der Waals surface area contributed by atoms with Gasteiger partial charge in [-0.3, -0.25) is 4.79 Å². The summed E-state index contributed by atoms with van der Waals surface area (Å²) in [5.74, 6) is -0.810. The number of methoxy groups -OCH3 is 1.